The van der Waals surface area contributed by atoms with Crippen molar-refractivity contribution in [3.8, 4) is 17.0 Å². The van der Waals surface area contributed by atoms with Gasteiger partial charge >= 0.3 is 6.09 Å². The molecule has 4 saturated carbocycles. The van der Waals surface area contributed by atoms with Crippen LogP contribution in [0.15, 0.2) is 77.2 Å². The van der Waals surface area contributed by atoms with E-state index in [1.165, 1.54) is 0 Å². The van der Waals surface area contributed by atoms with Gasteiger partial charge in [0.05, 0.1) is 22.9 Å². The maximum Gasteiger partial charge on any atom is 0.407 e. The van der Waals surface area contributed by atoms with Crippen LogP contribution in [0.25, 0.3) is 33.3 Å². The quantitative estimate of drug-likeness (QED) is 0.156. The van der Waals surface area contributed by atoms with Crippen LogP contribution >= 0.6 is 0 Å². The van der Waals surface area contributed by atoms with Crippen molar-refractivity contribution >= 4 is 55.8 Å². The number of hydrogen-bond acceptors (Lipinski definition) is 10. The summed E-state index contributed by atoms with van der Waals surface area (Å²) in [6.45, 7) is 0. The number of aromatic nitrogens is 1. The Balaban J connectivity index is 1.05. The molecule has 1 unspecified atom stereocenters. The van der Waals surface area contributed by atoms with Crippen molar-refractivity contribution in [3.05, 3.63) is 72.8 Å². The first-order valence-corrected chi connectivity index (χ1v) is 22.7. The number of rotatable bonds is 8. The van der Waals surface area contributed by atoms with Gasteiger partial charge in [-0.3, -0.25) is 19.1 Å². The number of sulfonamides is 1. The first kappa shape index (κ1) is 39.2. The van der Waals surface area contributed by atoms with Crippen LogP contribution in [-0.2, 0) is 29.1 Å². The van der Waals surface area contributed by atoms with Gasteiger partial charge in [-0.05, 0) is 89.2 Å². The van der Waals surface area contributed by atoms with Crippen molar-refractivity contribution in [2.45, 2.75) is 119 Å². The number of furan rings is 1. The summed E-state index contributed by atoms with van der Waals surface area (Å²) < 4.78 is 47.0. The molecule has 0 spiro atoms. The van der Waals surface area contributed by atoms with E-state index in [1.54, 1.807) is 0 Å². The average Bonchev–Trinajstić information content (AvgIpc) is 4.04. The number of nitrogens with one attached hydrogen (secondary N) is 3. The lowest BCUT2D eigenvalue weighted by Crippen LogP contribution is -2.54. The molecule has 2 aromatic carbocycles. The Kier molecular flexibility index (Phi) is 10.7. The molecule has 3 heterocycles. The van der Waals surface area contributed by atoms with Crippen LogP contribution in [0.4, 0.5) is 4.79 Å². The lowest BCUT2D eigenvalue weighted by molar-refractivity contribution is -0.136. The number of hydrogen-bond donors (Lipinski definition) is 3. The molecule has 1 aliphatic heterocycles. The second kappa shape index (κ2) is 16.1. The van der Waals surface area contributed by atoms with Gasteiger partial charge in [0.15, 0.2) is 17.1 Å². The molecule has 0 bridgehead atoms. The molecule has 13 nitrogen and oxygen atoms in total. The third kappa shape index (κ3) is 8.20. The molecular formula is C45H50N4O9S. The fourth-order valence-corrected chi connectivity index (χ4v) is 10.6. The van der Waals surface area contributed by atoms with Crippen LogP contribution in [0.2, 0.25) is 0 Å². The second-order valence-corrected chi connectivity index (χ2v) is 19.0. The smallest absolute Gasteiger partial charge is 0.407 e. The average molecular weight is 823 g/mol. The number of ketones is 1. The molecule has 3 amide bonds. The molecule has 4 aliphatic carbocycles. The van der Waals surface area contributed by atoms with Gasteiger partial charge in [0.2, 0.25) is 15.9 Å². The van der Waals surface area contributed by atoms with Crippen LogP contribution in [0.1, 0.15) is 89.9 Å². The summed E-state index contributed by atoms with van der Waals surface area (Å²) in [5.74, 6) is -3.47. The maximum atomic E-state index is 14.8. The molecule has 0 radical (unpaired) electrons. The summed E-state index contributed by atoms with van der Waals surface area (Å²) in [6.07, 6.45) is 10.7. The number of amides is 3. The molecule has 4 aromatic rings. The maximum absolute atomic E-state index is 14.8. The zero-order chi connectivity index (χ0) is 40.7. The molecule has 14 heteroatoms. The summed E-state index contributed by atoms with van der Waals surface area (Å²) in [5.41, 5.74) is 1.73. The minimum Gasteiger partial charge on any atom is -0.486 e. The molecule has 3 N–H and O–H groups in total. The zero-order valence-corrected chi connectivity index (χ0v) is 33.7. The van der Waals surface area contributed by atoms with Gasteiger partial charge in [-0.1, -0.05) is 67.5 Å². The van der Waals surface area contributed by atoms with E-state index in [0.29, 0.717) is 60.2 Å². The Bertz CT molecular complexity index is 2410. The van der Waals surface area contributed by atoms with Gasteiger partial charge < -0.3 is 24.5 Å². The highest BCUT2D eigenvalue weighted by Gasteiger charge is 2.62. The number of ether oxygens (including phenoxy) is 2. The van der Waals surface area contributed by atoms with E-state index in [2.05, 4.69) is 15.4 Å². The van der Waals surface area contributed by atoms with Gasteiger partial charge in [0.25, 0.3) is 5.91 Å². The van der Waals surface area contributed by atoms with Gasteiger partial charge in [0, 0.05) is 28.9 Å². The third-order valence-corrected chi connectivity index (χ3v) is 14.6. The lowest BCUT2D eigenvalue weighted by Gasteiger charge is -2.26. The minimum absolute atomic E-state index is 0.116. The Labute approximate surface area is 343 Å². The van der Waals surface area contributed by atoms with Gasteiger partial charge in [-0.25, -0.2) is 18.2 Å². The summed E-state index contributed by atoms with van der Waals surface area (Å²) in [5, 5.41) is 6.03. The molecule has 2 aromatic heterocycles. The number of para-hydroxylation sites is 1. The van der Waals surface area contributed by atoms with Crippen molar-refractivity contribution in [1.82, 2.24) is 20.3 Å². The topological polar surface area (TPSA) is 183 Å². The van der Waals surface area contributed by atoms with Crippen molar-refractivity contribution in [2.75, 3.05) is 0 Å². The van der Waals surface area contributed by atoms with E-state index in [-0.39, 0.29) is 31.1 Å². The van der Waals surface area contributed by atoms with Crippen molar-refractivity contribution in [1.29, 1.82) is 0 Å². The van der Waals surface area contributed by atoms with Crippen LogP contribution in [0.5, 0.6) is 5.75 Å². The van der Waals surface area contributed by atoms with Crippen LogP contribution in [0, 0.1) is 17.8 Å². The largest absolute Gasteiger partial charge is 0.486 e. The Morgan fingerprint density at radius 3 is 2.41 bits per heavy atom. The number of carbonyl (C=O) groups excluding carboxylic acids is 4. The summed E-state index contributed by atoms with van der Waals surface area (Å²) in [7, 11) is -3.89. The number of benzene rings is 2. The van der Waals surface area contributed by atoms with Gasteiger partial charge in [-0.15, -0.1) is 0 Å². The monoisotopic (exact) mass is 822 g/mol. The molecule has 59 heavy (non-hydrogen) atoms. The van der Waals surface area contributed by atoms with E-state index < -0.39 is 68.6 Å². The standard InChI is InChI=1S/C45H50N4O9S/c50-40-33-23-30(56-38-25-36(27-13-5-4-6-14-27)46-39-32-18-11-12-20-37(32)58-41(38)39)24-34(33)42(51)48-45(43(52)49-59(54,55)31-21-22-31)26-28(45)15-7-2-1-3-8-19-35(40)47-44(53)57-29-16-9-10-17-29/h4-7,11-15,18,20,25,28-31,33-35H,1-3,8-10,16-17,19,21-24,26H2,(H,47,53)(H,48,51)(H,49,52)/b15-7-/t28-,30+,33?,34-,35+,45-/m1/s1. The Morgan fingerprint density at radius 2 is 1.61 bits per heavy atom. The van der Waals surface area contributed by atoms with E-state index in [9.17, 15) is 27.6 Å². The van der Waals surface area contributed by atoms with Crippen molar-refractivity contribution in [3.63, 3.8) is 0 Å². The summed E-state index contributed by atoms with van der Waals surface area (Å²) >= 11 is 0. The molecule has 9 rings (SSSR count). The molecule has 4 fully saturated rings. The number of nitrogens with zero attached hydrogens (tertiary/aromatic N) is 1. The fourth-order valence-electron chi connectivity index (χ4n) is 9.27. The van der Waals surface area contributed by atoms with Crippen LogP contribution in [0.3, 0.4) is 0 Å². The van der Waals surface area contributed by atoms with Crippen molar-refractivity contribution < 1.29 is 41.5 Å². The Morgan fingerprint density at radius 1 is 0.864 bits per heavy atom. The van der Waals surface area contributed by atoms with E-state index in [0.717, 1.165) is 49.5 Å². The van der Waals surface area contributed by atoms with Gasteiger partial charge in [0.1, 0.15) is 28.8 Å². The van der Waals surface area contributed by atoms with E-state index in [4.69, 9.17) is 18.9 Å². The zero-order valence-electron chi connectivity index (χ0n) is 32.9. The SMILES string of the molecule is O=C(N[C@H]1CCCCC/C=C\[C@@H]2C[C@@]2(C(=O)NS(=O)(=O)C2CC2)NC(=O)[C@@H]2C[C@@H](Oc3cc(-c4ccccc4)nc4c3oc3ccccc34)CC2C1=O)OC1CCCC1. The molecular weight excluding hydrogens is 773 g/mol. The molecule has 310 valence electrons. The first-order valence-electron chi connectivity index (χ1n) is 21.2. The number of carbonyl (C=O) groups is 4. The van der Waals surface area contributed by atoms with Crippen LogP contribution in [-0.4, -0.2) is 66.1 Å². The lowest BCUT2D eigenvalue weighted by atomic mass is 9.86. The third-order valence-electron chi connectivity index (χ3n) is 12.8. The highest BCUT2D eigenvalue weighted by molar-refractivity contribution is 7.91. The first-order chi connectivity index (χ1) is 28.6. The van der Waals surface area contributed by atoms with Crippen molar-refractivity contribution in [2.24, 2.45) is 17.8 Å². The van der Waals surface area contributed by atoms with Crippen LogP contribution < -0.4 is 20.1 Å². The highest BCUT2D eigenvalue weighted by Crippen LogP contribution is 2.47. The summed E-state index contributed by atoms with van der Waals surface area (Å²) in [4.78, 5) is 61.6. The normalized spacial score (nSPS) is 28.4. The van der Waals surface area contributed by atoms with E-state index in [1.807, 2.05) is 72.8 Å². The predicted molar refractivity (Wildman–Crippen MR) is 220 cm³/mol. The number of alkyl carbamates (subject to hydrolysis) is 1. The highest BCUT2D eigenvalue weighted by atomic mass is 32.2. The Hall–Kier alpha value is -5.24. The fraction of sp³-hybridized carbons (Fsp3) is 0.489. The number of allylic oxidation sites excluding steroid dienone is 1. The summed E-state index contributed by atoms with van der Waals surface area (Å²) in [6, 6.07) is 18.2. The van der Waals surface area contributed by atoms with E-state index >= 15 is 0 Å². The minimum atomic E-state index is -3.89. The second-order valence-electron chi connectivity index (χ2n) is 17.0. The molecule has 6 atom stereocenters. The predicted octanol–water partition coefficient (Wildman–Crippen LogP) is 7.03. The number of pyridine rings is 1. The molecule has 0 saturated heterocycles. The number of fused-ring (bicyclic) bond motifs is 5. The van der Waals surface area contributed by atoms with Gasteiger partial charge in [-0.2, -0.15) is 0 Å². The number of Topliss-reactive ketones (excluding diaryl/α,β-unsaturated/α-hetero) is 1. The molecule has 5 aliphatic rings.